The Labute approximate surface area is 95.6 Å². The second-order valence-electron chi connectivity index (χ2n) is 3.58. The van der Waals surface area contributed by atoms with Crippen LogP contribution in [0.5, 0.6) is 0 Å². The van der Waals surface area contributed by atoms with Crippen molar-refractivity contribution in [3.8, 4) is 0 Å². The molecule has 1 atom stereocenters. The smallest absolute Gasteiger partial charge is 0.242 e. The molecule has 1 aromatic carbocycles. The van der Waals surface area contributed by atoms with Crippen molar-refractivity contribution in [3.63, 3.8) is 0 Å². The van der Waals surface area contributed by atoms with E-state index >= 15 is 0 Å². The van der Waals surface area contributed by atoms with Crippen LogP contribution in [0.25, 0.3) is 0 Å². The number of anilines is 1. The lowest BCUT2D eigenvalue weighted by molar-refractivity contribution is -0.115. The van der Waals surface area contributed by atoms with E-state index in [4.69, 9.17) is 0 Å². The van der Waals surface area contributed by atoms with Crippen LogP contribution in [-0.4, -0.2) is 25.8 Å². The minimum Gasteiger partial charge on any atom is -0.325 e. The molecule has 0 aliphatic heterocycles. The van der Waals surface area contributed by atoms with Crippen molar-refractivity contribution in [2.24, 2.45) is 0 Å². The van der Waals surface area contributed by atoms with Gasteiger partial charge in [0.2, 0.25) is 5.91 Å². The molecule has 4 nitrogen and oxygen atoms in total. The number of carbonyl (C=O) groups excluding carboxylic acids is 1. The first kappa shape index (κ1) is 12.7. The third-order valence-electron chi connectivity index (χ3n) is 2.22. The molecule has 0 radical (unpaired) electrons. The number of rotatable bonds is 4. The van der Waals surface area contributed by atoms with Gasteiger partial charge in [0.25, 0.3) is 0 Å². The monoisotopic (exact) mass is 241 g/mol. The molecule has 0 fully saturated rings. The molecule has 1 aromatic rings. The zero-order valence-electron chi connectivity index (χ0n) is 9.30. The molecule has 5 heteroatoms. The average Bonchev–Trinajstić information content (AvgIpc) is 2.17. The highest BCUT2D eigenvalue weighted by atomic mass is 32.2. The van der Waals surface area contributed by atoms with Crippen LogP contribution in [0.1, 0.15) is 13.3 Å². The first-order valence-corrected chi connectivity index (χ1v) is 6.95. The molecule has 88 valence electrons. The average molecular weight is 241 g/mol. The Morgan fingerprint density at radius 3 is 2.31 bits per heavy atom. The molecule has 0 aliphatic rings. The summed E-state index contributed by atoms with van der Waals surface area (Å²) in [5.41, 5.74) is 0.606. The predicted molar refractivity (Wildman–Crippen MR) is 64.0 cm³/mol. The minimum absolute atomic E-state index is 0.275. The van der Waals surface area contributed by atoms with Gasteiger partial charge < -0.3 is 5.32 Å². The number of benzene rings is 1. The molecule has 0 saturated heterocycles. The lowest BCUT2D eigenvalue weighted by atomic mass is 10.3. The quantitative estimate of drug-likeness (QED) is 0.867. The van der Waals surface area contributed by atoms with Gasteiger partial charge in [0.05, 0.1) is 0 Å². The number of nitrogens with one attached hydrogen (secondary N) is 1. The van der Waals surface area contributed by atoms with Crippen molar-refractivity contribution in [2.75, 3.05) is 11.6 Å². The molecule has 1 rings (SSSR count). The van der Waals surface area contributed by atoms with Gasteiger partial charge in [0.15, 0.2) is 9.84 Å². The topological polar surface area (TPSA) is 63.2 Å². The second-order valence-corrected chi connectivity index (χ2v) is 5.81. The highest BCUT2D eigenvalue weighted by Crippen LogP contribution is 2.10. The van der Waals surface area contributed by atoms with Crippen LogP contribution < -0.4 is 5.32 Å². The van der Waals surface area contributed by atoms with Crippen LogP contribution in [-0.2, 0) is 14.6 Å². The van der Waals surface area contributed by atoms with Crippen molar-refractivity contribution in [1.29, 1.82) is 0 Å². The fourth-order valence-electron chi connectivity index (χ4n) is 1.43. The Hall–Kier alpha value is -1.36. The Morgan fingerprint density at radius 2 is 1.88 bits per heavy atom. The van der Waals surface area contributed by atoms with Gasteiger partial charge in [-0.25, -0.2) is 8.42 Å². The first-order valence-electron chi connectivity index (χ1n) is 5.00. The first-order chi connectivity index (χ1) is 7.45. The van der Waals surface area contributed by atoms with Crippen molar-refractivity contribution in [2.45, 2.75) is 18.6 Å². The number of hydrogen-bond donors (Lipinski definition) is 1. The van der Waals surface area contributed by atoms with Gasteiger partial charge in [0.1, 0.15) is 5.25 Å². The molecule has 1 unspecified atom stereocenters. The molecular formula is C11H15NO3S. The van der Waals surface area contributed by atoms with Crippen molar-refractivity contribution >= 4 is 21.4 Å². The van der Waals surface area contributed by atoms with E-state index in [9.17, 15) is 13.2 Å². The molecule has 0 aromatic heterocycles. The van der Waals surface area contributed by atoms with Gasteiger partial charge in [-0.3, -0.25) is 4.79 Å². The lowest BCUT2D eigenvalue weighted by Crippen LogP contribution is -2.33. The molecule has 1 N–H and O–H groups in total. The summed E-state index contributed by atoms with van der Waals surface area (Å²) < 4.78 is 22.7. The molecular weight excluding hydrogens is 226 g/mol. The van der Waals surface area contributed by atoms with Crippen LogP contribution in [0.15, 0.2) is 30.3 Å². The Morgan fingerprint density at radius 1 is 1.31 bits per heavy atom. The van der Waals surface area contributed by atoms with E-state index in [0.29, 0.717) is 5.69 Å². The Kier molecular flexibility index (Phi) is 4.06. The van der Waals surface area contributed by atoms with E-state index in [1.54, 1.807) is 31.2 Å². The largest absolute Gasteiger partial charge is 0.325 e. The van der Waals surface area contributed by atoms with Crippen LogP contribution in [0.3, 0.4) is 0 Å². The van der Waals surface area contributed by atoms with Crippen molar-refractivity contribution in [1.82, 2.24) is 0 Å². The molecule has 0 aliphatic carbocycles. The number of carbonyl (C=O) groups is 1. The molecule has 16 heavy (non-hydrogen) atoms. The fraction of sp³-hybridized carbons (Fsp3) is 0.364. The van der Waals surface area contributed by atoms with E-state index in [2.05, 4.69) is 5.32 Å². The molecule has 0 spiro atoms. The van der Waals surface area contributed by atoms with E-state index in [1.807, 2.05) is 6.07 Å². The number of sulfone groups is 1. The Balaban J connectivity index is 2.80. The normalized spacial score (nSPS) is 13.1. The van der Waals surface area contributed by atoms with Gasteiger partial charge in [-0.1, -0.05) is 25.1 Å². The number of para-hydroxylation sites is 1. The summed E-state index contributed by atoms with van der Waals surface area (Å²) >= 11 is 0. The highest BCUT2D eigenvalue weighted by Gasteiger charge is 2.26. The van der Waals surface area contributed by atoms with Gasteiger partial charge in [-0.15, -0.1) is 0 Å². The molecule has 0 bridgehead atoms. The second kappa shape index (κ2) is 5.12. The molecule has 0 saturated carbocycles. The third-order valence-corrected chi connectivity index (χ3v) is 3.80. The van der Waals surface area contributed by atoms with Crippen LogP contribution >= 0.6 is 0 Å². The number of amides is 1. The summed E-state index contributed by atoms with van der Waals surface area (Å²) in [6.07, 6.45) is 1.35. The predicted octanol–water partition coefficient (Wildman–Crippen LogP) is 1.45. The highest BCUT2D eigenvalue weighted by molar-refractivity contribution is 7.92. The van der Waals surface area contributed by atoms with Crippen LogP contribution in [0.2, 0.25) is 0 Å². The standard InChI is InChI=1S/C11H15NO3S/c1-3-10(16(2,14)15)11(13)12-9-7-5-4-6-8-9/h4-8,10H,3H2,1-2H3,(H,12,13). The van der Waals surface area contributed by atoms with E-state index in [-0.39, 0.29) is 6.42 Å². The van der Waals surface area contributed by atoms with Gasteiger partial charge in [-0.2, -0.15) is 0 Å². The zero-order valence-corrected chi connectivity index (χ0v) is 10.1. The van der Waals surface area contributed by atoms with E-state index < -0.39 is 21.0 Å². The summed E-state index contributed by atoms with van der Waals surface area (Å²) in [5.74, 6) is -0.476. The van der Waals surface area contributed by atoms with Gasteiger partial charge >= 0.3 is 0 Å². The van der Waals surface area contributed by atoms with Crippen LogP contribution in [0.4, 0.5) is 5.69 Å². The van der Waals surface area contributed by atoms with Crippen LogP contribution in [0, 0.1) is 0 Å². The van der Waals surface area contributed by atoms with Crippen molar-refractivity contribution in [3.05, 3.63) is 30.3 Å². The SMILES string of the molecule is CCC(C(=O)Nc1ccccc1)S(C)(=O)=O. The third kappa shape index (κ3) is 3.34. The zero-order chi connectivity index (χ0) is 12.2. The van der Waals surface area contributed by atoms with Gasteiger partial charge in [0, 0.05) is 11.9 Å². The maximum absolute atomic E-state index is 11.7. The Bertz CT molecular complexity index is 453. The summed E-state index contributed by atoms with van der Waals surface area (Å²) in [4.78, 5) is 11.7. The fourth-order valence-corrected chi connectivity index (χ4v) is 2.48. The van der Waals surface area contributed by atoms with Gasteiger partial charge in [-0.05, 0) is 18.6 Å². The summed E-state index contributed by atoms with van der Waals surface area (Å²) in [5, 5.41) is 1.60. The minimum atomic E-state index is -3.35. The summed E-state index contributed by atoms with van der Waals surface area (Å²) in [6, 6.07) is 8.80. The summed E-state index contributed by atoms with van der Waals surface area (Å²) in [7, 11) is -3.35. The van der Waals surface area contributed by atoms with Crippen molar-refractivity contribution < 1.29 is 13.2 Å². The van der Waals surface area contributed by atoms with E-state index in [0.717, 1.165) is 6.26 Å². The maximum Gasteiger partial charge on any atom is 0.242 e. The molecule has 1 amide bonds. The maximum atomic E-state index is 11.7. The summed E-state index contributed by atoms with van der Waals surface area (Å²) in [6.45, 7) is 1.68. The molecule has 0 heterocycles. The number of hydrogen-bond acceptors (Lipinski definition) is 3. The lowest BCUT2D eigenvalue weighted by Gasteiger charge is -2.12. The van der Waals surface area contributed by atoms with E-state index in [1.165, 1.54) is 0 Å².